The van der Waals surface area contributed by atoms with Gasteiger partial charge in [-0.15, -0.1) is 0 Å². The van der Waals surface area contributed by atoms with E-state index >= 15 is 0 Å². The van der Waals surface area contributed by atoms with E-state index in [9.17, 15) is 0 Å². The smallest absolute Gasteiger partial charge is 0.0722 e. The van der Waals surface area contributed by atoms with Crippen LogP contribution in [-0.2, 0) is 25.4 Å². The van der Waals surface area contributed by atoms with E-state index in [4.69, 9.17) is 0 Å². The van der Waals surface area contributed by atoms with Crippen molar-refractivity contribution in [2.75, 3.05) is 6.54 Å². The van der Waals surface area contributed by atoms with Crippen LogP contribution in [-0.4, -0.2) is 21.3 Å². The van der Waals surface area contributed by atoms with Crippen molar-refractivity contribution < 1.29 is 0 Å². The van der Waals surface area contributed by atoms with Crippen molar-refractivity contribution in [1.29, 1.82) is 0 Å². The quantitative estimate of drug-likeness (QED) is 0.850. The van der Waals surface area contributed by atoms with E-state index in [1.54, 1.807) is 0 Å². The number of nitrogens with zero attached hydrogens (tertiary/aromatic N) is 3. The lowest BCUT2D eigenvalue weighted by atomic mass is 9.89. The molecule has 2 rings (SSSR count). The summed E-state index contributed by atoms with van der Waals surface area (Å²) in [5.41, 5.74) is 3.87. The van der Waals surface area contributed by atoms with Crippen molar-refractivity contribution in [3.05, 3.63) is 47.5 Å². The van der Waals surface area contributed by atoms with Crippen LogP contribution in [0, 0.1) is 0 Å². The third-order valence-corrected chi connectivity index (χ3v) is 3.27. The number of pyridine rings is 1. The average Bonchev–Trinajstić information content (AvgIpc) is 2.77. The Kier molecular flexibility index (Phi) is 4.55. The second-order valence-electron chi connectivity index (χ2n) is 6.21. The predicted octanol–water partition coefficient (Wildman–Crippen LogP) is 2.44. The Bertz CT molecular complexity index is 537. The van der Waals surface area contributed by atoms with Crippen molar-refractivity contribution in [1.82, 2.24) is 20.1 Å². The van der Waals surface area contributed by atoms with Gasteiger partial charge < -0.3 is 5.32 Å². The molecule has 4 heteroatoms. The molecule has 0 bridgehead atoms. The van der Waals surface area contributed by atoms with Crippen LogP contribution in [0.25, 0.3) is 0 Å². The molecule has 20 heavy (non-hydrogen) atoms. The van der Waals surface area contributed by atoms with E-state index in [0.29, 0.717) is 0 Å². The molecule has 0 atom stereocenters. The largest absolute Gasteiger partial charge is 0.312 e. The number of aryl methyl sites for hydroxylation is 1. The predicted molar refractivity (Wildman–Crippen MR) is 81.6 cm³/mol. The third kappa shape index (κ3) is 3.90. The molecule has 0 aliphatic heterocycles. The Hall–Kier alpha value is -1.68. The molecule has 0 unspecified atom stereocenters. The minimum Gasteiger partial charge on any atom is -0.312 e. The number of aromatic nitrogens is 3. The fourth-order valence-corrected chi connectivity index (χ4v) is 2.30. The van der Waals surface area contributed by atoms with Gasteiger partial charge in [0.05, 0.1) is 5.69 Å². The molecular weight excluding hydrogens is 248 g/mol. The van der Waals surface area contributed by atoms with Crippen molar-refractivity contribution in [3.63, 3.8) is 0 Å². The molecule has 0 saturated carbocycles. The summed E-state index contributed by atoms with van der Waals surface area (Å²) >= 11 is 0. The molecule has 4 nitrogen and oxygen atoms in total. The van der Waals surface area contributed by atoms with E-state index in [0.717, 1.165) is 19.5 Å². The molecule has 0 spiro atoms. The first kappa shape index (κ1) is 14.7. The summed E-state index contributed by atoms with van der Waals surface area (Å²) in [5.74, 6) is 0. The zero-order valence-electron chi connectivity index (χ0n) is 12.8. The summed E-state index contributed by atoms with van der Waals surface area (Å²) < 4.78 is 1.90. The van der Waals surface area contributed by atoms with Gasteiger partial charge in [-0.05, 0) is 30.7 Å². The van der Waals surface area contributed by atoms with E-state index in [-0.39, 0.29) is 5.41 Å². The lowest BCUT2D eigenvalue weighted by Crippen LogP contribution is -2.20. The first-order valence-electron chi connectivity index (χ1n) is 7.09. The number of hydrogen-bond donors (Lipinski definition) is 1. The summed E-state index contributed by atoms with van der Waals surface area (Å²) in [5, 5.41) is 8.09. The van der Waals surface area contributed by atoms with Crippen molar-refractivity contribution in [3.8, 4) is 0 Å². The lowest BCUT2D eigenvalue weighted by Gasteiger charge is -2.17. The molecular formula is C16H24N4. The summed E-state index contributed by atoms with van der Waals surface area (Å²) in [6, 6.07) is 4.12. The van der Waals surface area contributed by atoms with Gasteiger partial charge in [-0.25, -0.2) is 0 Å². The lowest BCUT2D eigenvalue weighted by molar-refractivity contribution is 0.543. The highest BCUT2D eigenvalue weighted by Crippen LogP contribution is 2.23. The first-order chi connectivity index (χ1) is 9.47. The monoisotopic (exact) mass is 272 g/mol. The van der Waals surface area contributed by atoms with Crippen LogP contribution in [0.15, 0.2) is 30.7 Å². The number of rotatable bonds is 5. The highest BCUT2D eigenvalue weighted by molar-refractivity contribution is 5.23. The second kappa shape index (κ2) is 6.18. The van der Waals surface area contributed by atoms with E-state index in [1.807, 2.05) is 24.1 Å². The molecule has 0 aliphatic carbocycles. The summed E-state index contributed by atoms with van der Waals surface area (Å²) in [4.78, 5) is 4.03. The average molecular weight is 272 g/mol. The minimum absolute atomic E-state index is 0.0867. The Morgan fingerprint density at radius 1 is 1.20 bits per heavy atom. The van der Waals surface area contributed by atoms with Crippen LogP contribution in [0.1, 0.15) is 37.6 Å². The molecule has 1 N–H and O–H groups in total. The molecule has 0 aliphatic rings. The fourth-order valence-electron chi connectivity index (χ4n) is 2.30. The molecule has 2 aromatic rings. The minimum atomic E-state index is 0.0867. The number of hydrogen-bond acceptors (Lipinski definition) is 3. The van der Waals surface area contributed by atoms with Crippen molar-refractivity contribution >= 4 is 0 Å². The summed E-state index contributed by atoms with van der Waals surface area (Å²) in [6.07, 6.45) is 6.82. The molecule has 2 aromatic heterocycles. The van der Waals surface area contributed by atoms with Gasteiger partial charge in [0.2, 0.25) is 0 Å². The van der Waals surface area contributed by atoms with E-state index < -0.39 is 0 Å². The maximum Gasteiger partial charge on any atom is 0.0722 e. The second-order valence-corrected chi connectivity index (χ2v) is 6.21. The molecule has 2 heterocycles. The highest BCUT2D eigenvalue weighted by atomic mass is 15.3. The maximum atomic E-state index is 4.59. The van der Waals surface area contributed by atoms with Crippen LogP contribution >= 0.6 is 0 Å². The SMILES string of the molecule is Cn1cc(CNCCc2ccncc2)c(C(C)(C)C)n1. The van der Waals surface area contributed by atoms with Crippen LogP contribution < -0.4 is 5.32 Å². The van der Waals surface area contributed by atoms with E-state index in [2.05, 4.69) is 54.5 Å². The van der Waals surface area contributed by atoms with Crippen molar-refractivity contribution in [2.45, 2.75) is 39.2 Å². The molecule has 0 amide bonds. The molecule has 0 aromatic carbocycles. The van der Waals surface area contributed by atoms with Crippen molar-refractivity contribution in [2.24, 2.45) is 7.05 Å². The highest BCUT2D eigenvalue weighted by Gasteiger charge is 2.21. The van der Waals surface area contributed by atoms with Gasteiger partial charge >= 0.3 is 0 Å². The normalized spacial score (nSPS) is 11.8. The van der Waals surface area contributed by atoms with Gasteiger partial charge in [0.15, 0.2) is 0 Å². The van der Waals surface area contributed by atoms with Gasteiger partial charge in [0.25, 0.3) is 0 Å². The molecule has 0 fully saturated rings. The first-order valence-corrected chi connectivity index (χ1v) is 7.09. The Labute approximate surface area is 121 Å². The van der Waals surface area contributed by atoms with E-state index in [1.165, 1.54) is 16.8 Å². The van der Waals surface area contributed by atoms with Gasteiger partial charge in [0.1, 0.15) is 0 Å². The topological polar surface area (TPSA) is 42.7 Å². The Morgan fingerprint density at radius 3 is 2.55 bits per heavy atom. The molecule has 0 radical (unpaired) electrons. The molecule has 0 saturated heterocycles. The Morgan fingerprint density at radius 2 is 1.90 bits per heavy atom. The van der Waals surface area contributed by atoms with Gasteiger partial charge in [-0.1, -0.05) is 20.8 Å². The summed E-state index contributed by atoms with van der Waals surface area (Å²) in [6.45, 7) is 8.44. The van der Waals surface area contributed by atoms with Crippen LogP contribution in [0.4, 0.5) is 0 Å². The van der Waals surface area contributed by atoms with Crippen LogP contribution in [0.3, 0.4) is 0 Å². The van der Waals surface area contributed by atoms with Gasteiger partial charge in [-0.2, -0.15) is 5.10 Å². The van der Waals surface area contributed by atoms with Gasteiger partial charge in [0, 0.05) is 43.2 Å². The fraction of sp³-hybridized carbons (Fsp3) is 0.500. The zero-order chi connectivity index (χ0) is 14.6. The van der Waals surface area contributed by atoms with Crippen LogP contribution in [0.2, 0.25) is 0 Å². The van der Waals surface area contributed by atoms with Crippen LogP contribution in [0.5, 0.6) is 0 Å². The maximum absolute atomic E-state index is 4.59. The number of nitrogens with one attached hydrogen (secondary N) is 1. The standard InChI is InChI=1S/C16H24N4/c1-16(2,3)15-14(12-20(4)19-15)11-18-10-7-13-5-8-17-9-6-13/h5-6,8-9,12,18H,7,10-11H2,1-4H3. The Balaban J connectivity index is 1.88. The third-order valence-electron chi connectivity index (χ3n) is 3.27. The molecule has 108 valence electrons. The summed E-state index contributed by atoms with van der Waals surface area (Å²) in [7, 11) is 1.98. The zero-order valence-corrected chi connectivity index (χ0v) is 12.8. The van der Waals surface area contributed by atoms with Gasteiger partial charge in [-0.3, -0.25) is 9.67 Å².